The van der Waals surface area contributed by atoms with E-state index in [2.05, 4.69) is 22.5 Å². The maximum absolute atomic E-state index is 12.7. The van der Waals surface area contributed by atoms with Gasteiger partial charge in [-0.15, -0.1) is 24.0 Å². The topological polar surface area (TPSA) is 65.9 Å². The van der Waals surface area contributed by atoms with Crippen LogP contribution in [0.25, 0.3) is 0 Å². The summed E-state index contributed by atoms with van der Waals surface area (Å²) in [6, 6.07) is 5.69. The summed E-state index contributed by atoms with van der Waals surface area (Å²) in [5.74, 6) is 0.889. The molecule has 0 aliphatic carbocycles. The Bertz CT molecular complexity index is 429. The van der Waals surface area contributed by atoms with Crippen LogP contribution in [-0.4, -0.2) is 43.4 Å². The van der Waals surface area contributed by atoms with Gasteiger partial charge in [-0.1, -0.05) is 6.92 Å². The van der Waals surface area contributed by atoms with Gasteiger partial charge < -0.3 is 20.5 Å². The summed E-state index contributed by atoms with van der Waals surface area (Å²) in [5.41, 5.74) is 0. The van der Waals surface area contributed by atoms with Crippen molar-refractivity contribution in [2.45, 2.75) is 26.4 Å². The van der Waals surface area contributed by atoms with Gasteiger partial charge in [-0.3, -0.25) is 4.99 Å². The number of aliphatic hydroxyl groups is 1. The third-order valence-corrected chi connectivity index (χ3v) is 2.60. The summed E-state index contributed by atoms with van der Waals surface area (Å²) in [5, 5.41) is 16.1. The number of nitrogens with one attached hydrogen (secondary N) is 2. The van der Waals surface area contributed by atoms with Gasteiger partial charge in [0.15, 0.2) is 5.96 Å². The zero-order valence-electron chi connectivity index (χ0n) is 13.0. The molecular formula is C15H25FIN3O2. The van der Waals surface area contributed by atoms with Gasteiger partial charge in [-0.2, -0.15) is 0 Å². The molecule has 22 heavy (non-hydrogen) atoms. The number of guanidine groups is 1. The van der Waals surface area contributed by atoms with Gasteiger partial charge in [0.25, 0.3) is 0 Å². The molecule has 5 nitrogen and oxygen atoms in total. The average Bonchev–Trinajstić information content (AvgIpc) is 2.49. The Hall–Kier alpha value is -1.09. The van der Waals surface area contributed by atoms with E-state index in [9.17, 15) is 9.50 Å². The lowest BCUT2D eigenvalue weighted by Crippen LogP contribution is -2.38. The number of nitrogens with zero attached hydrogens (tertiary/aromatic N) is 1. The standard InChI is InChI=1S/C15H24FN3O2.HI/c1-3-9-18-15(17-4-2)19-10-13(20)11-21-14-7-5-12(16)6-8-14;/h5-8,13,20H,3-4,9-11H2,1-2H3,(H2,17,18,19);1H. The molecule has 0 radical (unpaired) electrons. The van der Waals surface area contributed by atoms with Crippen molar-refractivity contribution in [2.75, 3.05) is 26.2 Å². The van der Waals surface area contributed by atoms with Crippen LogP contribution in [0, 0.1) is 5.82 Å². The van der Waals surface area contributed by atoms with Crippen LogP contribution >= 0.6 is 24.0 Å². The normalized spacial score (nSPS) is 12.3. The van der Waals surface area contributed by atoms with Gasteiger partial charge in [0.05, 0.1) is 6.54 Å². The van der Waals surface area contributed by atoms with Gasteiger partial charge in [-0.05, 0) is 37.6 Å². The van der Waals surface area contributed by atoms with E-state index in [1.165, 1.54) is 24.3 Å². The minimum atomic E-state index is -0.716. The quantitative estimate of drug-likeness (QED) is 0.339. The summed E-state index contributed by atoms with van der Waals surface area (Å²) in [7, 11) is 0. The first kappa shape index (κ1) is 20.9. The van der Waals surface area contributed by atoms with Crippen LogP contribution in [-0.2, 0) is 0 Å². The van der Waals surface area contributed by atoms with Crippen molar-refractivity contribution < 1.29 is 14.2 Å². The smallest absolute Gasteiger partial charge is 0.191 e. The van der Waals surface area contributed by atoms with Crippen molar-refractivity contribution in [3.05, 3.63) is 30.1 Å². The van der Waals surface area contributed by atoms with E-state index in [0.29, 0.717) is 11.7 Å². The van der Waals surface area contributed by atoms with Gasteiger partial charge in [-0.25, -0.2) is 4.39 Å². The van der Waals surface area contributed by atoms with Gasteiger partial charge in [0.1, 0.15) is 24.3 Å². The lowest BCUT2D eigenvalue weighted by Gasteiger charge is -2.13. The van der Waals surface area contributed by atoms with E-state index in [-0.39, 0.29) is 42.9 Å². The van der Waals surface area contributed by atoms with Crippen LogP contribution < -0.4 is 15.4 Å². The van der Waals surface area contributed by atoms with Gasteiger partial charge in [0, 0.05) is 13.1 Å². The SMILES string of the molecule is CCCNC(=NCC(O)COc1ccc(F)cc1)NCC.I. The second kappa shape index (κ2) is 12.5. The highest BCUT2D eigenvalue weighted by atomic mass is 127. The Balaban J connectivity index is 0.00000441. The molecule has 1 atom stereocenters. The van der Waals surface area contributed by atoms with Crippen LogP contribution in [0.3, 0.4) is 0 Å². The maximum Gasteiger partial charge on any atom is 0.191 e. The molecule has 0 amide bonds. The van der Waals surface area contributed by atoms with E-state index in [4.69, 9.17) is 4.74 Å². The number of aliphatic imine (C=N–C) groups is 1. The first-order chi connectivity index (χ1) is 10.2. The predicted molar refractivity (Wildman–Crippen MR) is 97.6 cm³/mol. The Morgan fingerprint density at radius 1 is 1.27 bits per heavy atom. The predicted octanol–water partition coefficient (Wildman–Crippen LogP) is 2.15. The monoisotopic (exact) mass is 425 g/mol. The first-order valence-corrected chi connectivity index (χ1v) is 7.24. The van der Waals surface area contributed by atoms with E-state index < -0.39 is 6.10 Å². The number of rotatable bonds is 8. The second-order valence-electron chi connectivity index (χ2n) is 4.57. The average molecular weight is 425 g/mol. The molecule has 1 rings (SSSR count). The Morgan fingerprint density at radius 2 is 1.95 bits per heavy atom. The molecule has 1 aromatic rings. The third-order valence-electron chi connectivity index (χ3n) is 2.60. The molecule has 0 aliphatic rings. The summed E-state index contributed by atoms with van der Waals surface area (Å²) < 4.78 is 18.1. The Labute approximate surface area is 148 Å². The van der Waals surface area contributed by atoms with Crippen molar-refractivity contribution in [1.82, 2.24) is 10.6 Å². The summed E-state index contributed by atoms with van der Waals surface area (Å²) in [4.78, 5) is 4.28. The molecule has 1 unspecified atom stereocenters. The Morgan fingerprint density at radius 3 is 2.55 bits per heavy atom. The molecule has 0 fully saturated rings. The molecule has 0 aliphatic heterocycles. The number of hydrogen-bond acceptors (Lipinski definition) is 3. The fourth-order valence-electron chi connectivity index (χ4n) is 1.56. The van der Waals surface area contributed by atoms with E-state index in [1.807, 2.05) is 6.92 Å². The molecule has 0 heterocycles. The largest absolute Gasteiger partial charge is 0.491 e. The molecule has 1 aromatic carbocycles. The lowest BCUT2D eigenvalue weighted by atomic mass is 10.3. The van der Waals surface area contributed by atoms with Crippen molar-refractivity contribution in [3.8, 4) is 5.75 Å². The minimum Gasteiger partial charge on any atom is -0.491 e. The van der Waals surface area contributed by atoms with Crippen molar-refractivity contribution in [1.29, 1.82) is 0 Å². The molecule has 0 aromatic heterocycles. The van der Waals surface area contributed by atoms with Crippen LogP contribution in [0.15, 0.2) is 29.3 Å². The maximum atomic E-state index is 12.7. The molecule has 3 N–H and O–H groups in total. The van der Waals surface area contributed by atoms with Crippen molar-refractivity contribution >= 4 is 29.9 Å². The lowest BCUT2D eigenvalue weighted by molar-refractivity contribution is 0.114. The zero-order chi connectivity index (χ0) is 15.5. The number of aliphatic hydroxyl groups excluding tert-OH is 1. The van der Waals surface area contributed by atoms with Crippen LogP contribution in [0.2, 0.25) is 0 Å². The highest BCUT2D eigenvalue weighted by Gasteiger charge is 2.06. The molecule has 0 bridgehead atoms. The molecule has 0 spiro atoms. The zero-order valence-corrected chi connectivity index (χ0v) is 15.3. The van der Waals surface area contributed by atoms with E-state index in [1.54, 1.807) is 0 Å². The first-order valence-electron chi connectivity index (χ1n) is 7.24. The number of halogens is 2. The second-order valence-corrected chi connectivity index (χ2v) is 4.57. The number of hydrogen-bond donors (Lipinski definition) is 3. The van der Waals surface area contributed by atoms with E-state index in [0.717, 1.165) is 19.5 Å². The molecule has 7 heteroatoms. The van der Waals surface area contributed by atoms with Crippen LogP contribution in [0.5, 0.6) is 5.75 Å². The highest BCUT2D eigenvalue weighted by Crippen LogP contribution is 2.11. The highest BCUT2D eigenvalue weighted by molar-refractivity contribution is 14.0. The fourth-order valence-corrected chi connectivity index (χ4v) is 1.56. The molecule has 126 valence electrons. The molecular weight excluding hydrogens is 400 g/mol. The van der Waals surface area contributed by atoms with Crippen molar-refractivity contribution in [3.63, 3.8) is 0 Å². The minimum absolute atomic E-state index is 0. The summed E-state index contributed by atoms with van der Waals surface area (Å²) >= 11 is 0. The summed E-state index contributed by atoms with van der Waals surface area (Å²) in [6.45, 7) is 5.99. The molecule has 0 saturated heterocycles. The summed E-state index contributed by atoms with van der Waals surface area (Å²) in [6.07, 6.45) is 0.285. The van der Waals surface area contributed by atoms with Gasteiger partial charge >= 0.3 is 0 Å². The number of benzene rings is 1. The van der Waals surface area contributed by atoms with Crippen LogP contribution in [0.4, 0.5) is 4.39 Å². The van der Waals surface area contributed by atoms with Crippen molar-refractivity contribution in [2.24, 2.45) is 4.99 Å². The van der Waals surface area contributed by atoms with Crippen LogP contribution in [0.1, 0.15) is 20.3 Å². The third kappa shape index (κ3) is 9.04. The van der Waals surface area contributed by atoms with Gasteiger partial charge in [0.2, 0.25) is 0 Å². The fraction of sp³-hybridized carbons (Fsp3) is 0.533. The van der Waals surface area contributed by atoms with E-state index >= 15 is 0 Å². The Kier molecular flexibility index (Phi) is 11.8. The number of ether oxygens (including phenoxy) is 1. The molecule has 0 saturated carbocycles.